The fraction of sp³-hybridized carbons (Fsp3) is 0.606. The van der Waals surface area contributed by atoms with Crippen LogP contribution in [-0.2, 0) is 28.7 Å². The van der Waals surface area contributed by atoms with Crippen molar-refractivity contribution in [1.82, 2.24) is 24.5 Å². The number of hydrogen-bond acceptors (Lipinski definition) is 8. The summed E-state index contributed by atoms with van der Waals surface area (Å²) in [6, 6.07) is 5.23. The van der Waals surface area contributed by atoms with Crippen LogP contribution in [0.25, 0.3) is 0 Å². The van der Waals surface area contributed by atoms with Gasteiger partial charge >= 0.3 is 18.3 Å². The lowest BCUT2D eigenvalue weighted by Gasteiger charge is -2.42. The number of nitrogens with two attached hydrogens (primary N) is 1. The standard InChI is InChI=1S/C33H41ClF3N7O4S/c1-40-16-23-15-22(40)17-43(23)20-2-7-41(8-3-20)30(45)27(14-19-12-24(33(35,36)37)29(38)25(34)13-19)48-32(47)42-9-4-21(5-10-42)44-18-28-26(6-11-49-28)39-31(44)46/h6,11-13,20-23,27H,2-5,7-10,14-18,38H2,1H3,(H,39,46)/t22?,23?,27-/m1/s1. The van der Waals surface area contributed by atoms with Crippen molar-refractivity contribution in [2.75, 3.05) is 57.4 Å². The predicted octanol–water partition coefficient (Wildman–Crippen LogP) is 4.94. The number of likely N-dealkylation sites (N-methyl/N-ethyl adjacent to an activating group) is 1. The first-order valence-corrected chi connectivity index (χ1v) is 18.1. The maximum atomic E-state index is 14.0. The summed E-state index contributed by atoms with van der Waals surface area (Å²) in [4.78, 5) is 51.3. The van der Waals surface area contributed by atoms with Gasteiger partial charge in [-0.2, -0.15) is 13.2 Å². The van der Waals surface area contributed by atoms with Crippen molar-refractivity contribution in [3.05, 3.63) is 44.6 Å². The molecule has 1 aromatic heterocycles. The quantitative estimate of drug-likeness (QED) is 0.406. The van der Waals surface area contributed by atoms with Crippen LogP contribution in [0.3, 0.4) is 0 Å². The molecule has 7 rings (SSSR count). The Hall–Kier alpha value is -3.27. The van der Waals surface area contributed by atoms with Crippen molar-refractivity contribution >= 4 is 52.3 Å². The number of amides is 4. The lowest BCUT2D eigenvalue weighted by molar-refractivity contribution is -0.142. The molecule has 3 atom stereocenters. The molecular formula is C33H41ClF3N7O4S. The molecule has 0 aliphatic carbocycles. The second-order valence-corrected chi connectivity index (χ2v) is 15.3. The molecule has 0 radical (unpaired) electrons. The summed E-state index contributed by atoms with van der Waals surface area (Å²) in [6.45, 7) is 4.10. The number of piperidine rings is 2. The van der Waals surface area contributed by atoms with Gasteiger partial charge in [-0.1, -0.05) is 11.6 Å². The lowest BCUT2D eigenvalue weighted by atomic mass is 9.99. The number of alkyl halides is 3. The first-order chi connectivity index (χ1) is 23.4. The van der Waals surface area contributed by atoms with Gasteiger partial charge in [-0.25, -0.2) is 9.59 Å². The van der Waals surface area contributed by atoms with E-state index in [2.05, 4.69) is 22.2 Å². The van der Waals surface area contributed by atoms with Crippen LogP contribution in [0, 0.1) is 0 Å². The van der Waals surface area contributed by atoms with Crippen LogP contribution in [0.5, 0.6) is 0 Å². The summed E-state index contributed by atoms with van der Waals surface area (Å²) in [5.41, 5.74) is 4.88. The van der Waals surface area contributed by atoms with E-state index in [0.717, 1.165) is 49.0 Å². The molecule has 16 heteroatoms. The zero-order valence-corrected chi connectivity index (χ0v) is 28.8. The number of likely N-dealkylation sites (tertiary alicyclic amines) is 4. The van der Waals surface area contributed by atoms with Gasteiger partial charge in [-0.15, -0.1) is 11.3 Å². The molecule has 6 heterocycles. The van der Waals surface area contributed by atoms with Gasteiger partial charge in [0.2, 0.25) is 0 Å². The number of nitrogens with zero attached hydrogens (tertiary/aromatic N) is 5. The molecule has 2 aromatic rings. The number of carbonyl (C=O) groups is 3. The summed E-state index contributed by atoms with van der Waals surface area (Å²) in [5, 5.41) is 4.57. The van der Waals surface area contributed by atoms with Crippen LogP contribution in [-0.4, -0.2) is 119 Å². The summed E-state index contributed by atoms with van der Waals surface area (Å²) in [5.74, 6) is -0.442. The number of halogens is 4. The van der Waals surface area contributed by atoms with E-state index in [1.807, 2.05) is 11.4 Å². The number of benzene rings is 1. The van der Waals surface area contributed by atoms with Crippen molar-refractivity contribution in [3.8, 4) is 0 Å². The van der Waals surface area contributed by atoms with Crippen LogP contribution < -0.4 is 11.1 Å². The van der Waals surface area contributed by atoms with Gasteiger partial charge in [0.25, 0.3) is 5.91 Å². The van der Waals surface area contributed by atoms with Gasteiger partial charge in [0, 0.05) is 74.7 Å². The molecule has 5 aliphatic heterocycles. The molecule has 2 bridgehead atoms. The van der Waals surface area contributed by atoms with E-state index < -0.39 is 35.5 Å². The van der Waals surface area contributed by atoms with Gasteiger partial charge in [0.15, 0.2) is 6.10 Å². The topological polar surface area (TPSA) is 115 Å². The number of fused-ring (bicyclic) bond motifs is 3. The molecule has 5 aliphatic rings. The highest BCUT2D eigenvalue weighted by atomic mass is 35.5. The molecule has 4 fully saturated rings. The average Bonchev–Trinajstić information content (AvgIpc) is 3.80. The minimum absolute atomic E-state index is 0.0815. The Morgan fingerprint density at radius 2 is 1.73 bits per heavy atom. The van der Waals surface area contributed by atoms with Crippen LogP contribution in [0.15, 0.2) is 23.6 Å². The Balaban J connectivity index is 1.02. The Kier molecular flexibility index (Phi) is 9.39. The molecule has 0 spiro atoms. The third-order valence-corrected chi connectivity index (χ3v) is 12.2. The molecule has 1 aromatic carbocycles. The number of carbonyl (C=O) groups excluding carboxylic acids is 3. The SMILES string of the molecule is CN1CC2CC1CN2C1CCN(C(=O)[C@@H](Cc2cc(Cl)c(N)c(C(F)(F)F)c2)OC(=O)N2CCC(N3Cc4sccc4NC3=O)CC2)CC1. The minimum atomic E-state index is -4.76. The van der Waals surface area contributed by atoms with Crippen molar-refractivity contribution in [1.29, 1.82) is 0 Å². The predicted molar refractivity (Wildman–Crippen MR) is 179 cm³/mol. The molecule has 4 saturated heterocycles. The highest BCUT2D eigenvalue weighted by Crippen LogP contribution is 2.39. The second-order valence-electron chi connectivity index (χ2n) is 13.9. The van der Waals surface area contributed by atoms with Crippen LogP contribution in [0.2, 0.25) is 5.02 Å². The maximum Gasteiger partial charge on any atom is 0.418 e. The first-order valence-electron chi connectivity index (χ1n) is 16.8. The van der Waals surface area contributed by atoms with E-state index in [4.69, 9.17) is 22.1 Å². The molecule has 3 N–H and O–H groups in total. The fourth-order valence-electron chi connectivity index (χ4n) is 8.22. The van der Waals surface area contributed by atoms with E-state index >= 15 is 0 Å². The number of anilines is 2. The van der Waals surface area contributed by atoms with Crippen LogP contribution in [0.4, 0.5) is 34.1 Å². The van der Waals surface area contributed by atoms with E-state index in [-0.39, 0.29) is 29.1 Å². The fourth-order valence-corrected chi connectivity index (χ4v) is 9.29. The minimum Gasteiger partial charge on any atom is -0.436 e. The number of nitrogen functional groups attached to an aromatic ring is 1. The van der Waals surface area contributed by atoms with Gasteiger partial charge in [0.1, 0.15) is 0 Å². The molecule has 2 unspecified atom stereocenters. The van der Waals surface area contributed by atoms with Gasteiger partial charge in [0.05, 0.1) is 28.5 Å². The highest BCUT2D eigenvalue weighted by molar-refractivity contribution is 7.10. The van der Waals surface area contributed by atoms with Crippen LogP contribution in [0.1, 0.15) is 48.1 Å². The molecular weight excluding hydrogens is 683 g/mol. The summed E-state index contributed by atoms with van der Waals surface area (Å²) in [6.07, 6.45) is -3.37. The van der Waals surface area contributed by atoms with Crippen LogP contribution >= 0.6 is 22.9 Å². The summed E-state index contributed by atoms with van der Waals surface area (Å²) >= 11 is 7.69. The normalized spacial score (nSPS) is 24.7. The van der Waals surface area contributed by atoms with Crippen molar-refractivity contribution in [2.45, 2.75) is 81.5 Å². The molecule has 49 heavy (non-hydrogen) atoms. The Morgan fingerprint density at radius 1 is 1.04 bits per heavy atom. The molecule has 266 valence electrons. The third-order valence-electron chi connectivity index (χ3n) is 11.0. The number of ether oxygens (including phenoxy) is 1. The van der Waals surface area contributed by atoms with E-state index in [1.54, 1.807) is 21.1 Å². The monoisotopic (exact) mass is 723 g/mol. The third kappa shape index (κ3) is 6.91. The van der Waals surface area contributed by atoms with Gasteiger partial charge in [-0.3, -0.25) is 9.69 Å². The maximum absolute atomic E-state index is 14.0. The van der Waals surface area contributed by atoms with E-state index in [9.17, 15) is 27.6 Å². The lowest BCUT2D eigenvalue weighted by Crippen LogP contribution is -2.55. The Morgan fingerprint density at radius 3 is 2.39 bits per heavy atom. The van der Waals surface area contributed by atoms with Crippen molar-refractivity contribution in [2.24, 2.45) is 0 Å². The number of nitrogens with one attached hydrogen (secondary N) is 1. The molecule has 4 amide bonds. The molecule has 0 saturated carbocycles. The number of thiophene rings is 1. The summed E-state index contributed by atoms with van der Waals surface area (Å²) in [7, 11) is 2.16. The zero-order valence-electron chi connectivity index (χ0n) is 27.3. The second kappa shape index (κ2) is 13.5. The molecule has 11 nitrogen and oxygen atoms in total. The number of rotatable bonds is 6. The number of urea groups is 1. The van der Waals surface area contributed by atoms with E-state index in [0.29, 0.717) is 63.7 Å². The Bertz CT molecular complexity index is 1590. The highest BCUT2D eigenvalue weighted by Gasteiger charge is 2.45. The summed E-state index contributed by atoms with van der Waals surface area (Å²) < 4.78 is 47.2. The smallest absolute Gasteiger partial charge is 0.418 e. The number of hydrogen-bond donors (Lipinski definition) is 2. The largest absolute Gasteiger partial charge is 0.436 e. The Labute approximate surface area is 292 Å². The van der Waals surface area contributed by atoms with Crippen molar-refractivity contribution in [3.63, 3.8) is 0 Å². The zero-order chi connectivity index (χ0) is 34.6. The van der Waals surface area contributed by atoms with Gasteiger partial charge < -0.3 is 35.4 Å². The van der Waals surface area contributed by atoms with Gasteiger partial charge in [-0.05, 0) is 68.3 Å². The van der Waals surface area contributed by atoms with Crippen molar-refractivity contribution < 1.29 is 32.3 Å². The number of piperazine rings is 1. The average molecular weight is 724 g/mol. The van der Waals surface area contributed by atoms with E-state index in [1.165, 1.54) is 11.0 Å². The first kappa shape index (κ1) is 34.2.